The number of nitrogen functional groups attached to an aromatic ring is 2. The number of pyridine rings is 1. The summed E-state index contributed by atoms with van der Waals surface area (Å²) in [6, 6.07) is 11.3. The first-order valence-electron chi connectivity index (χ1n) is 11.0. The fourth-order valence-corrected chi connectivity index (χ4v) is 3.58. The van der Waals surface area contributed by atoms with E-state index in [4.69, 9.17) is 26.4 Å². The van der Waals surface area contributed by atoms with E-state index in [-0.39, 0.29) is 46.8 Å². The molecule has 4 aromatic rings. The molecule has 2 aromatic heterocycles. The number of ether oxygens (including phenoxy) is 2. The van der Waals surface area contributed by atoms with Gasteiger partial charge in [-0.25, -0.2) is 18.6 Å². The third kappa shape index (κ3) is 5.34. The van der Waals surface area contributed by atoms with Gasteiger partial charge in [0, 0.05) is 29.1 Å². The first kappa shape index (κ1) is 25.2. The summed E-state index contributed by atoms with van der Waals surface area (Å²) >= 11 is 0. The van der Waals surface area contributed by atoms with Gasteiger partial charge in [-0.2, -0.15) is 4.68 Å². The molecular formula is C24H24F2N8O3. The van der Waals surface area contributed by atoms with Crippen molar-refractivity contribution in [2.75, 3.05) is 31.4 Å². The van der Waals surface area contributed by atoms with Crippen LogP contribution in [0.25, 0.3) is 5.82 Å². The fourth-order valence-electron chi connectivity index (χ4n) is 3.58. The van der Waals surface area contributed by atoms with E-state index in [9.17, 15) is 9.18 Å². The molecule has 7 N–H and O–H groups in total. The number of nitrogens with zero attached hydrogens (tertiary/aromatic N) is 3. The summed E-state index contributed by atoms with van der Waals surface area (Å²) in [5.41, 5.74) is 12.0. The lowest BCUT2D eigenvalue weighted by atomic mass is 10.0. The minimum atomic E-state index is -1.08. The highest BCUT2D eigenvalue weighted by molar-refractivity contribution is 5.95. The number of aromatic nitrogens is 4. The van der Waals surface area contributed by atoms with Crippen LogP contribution in [0.1, 0.15) is 23.0 Å². The molecule has 13 heteroatoms. The molecule has 1 atom stereocenters. The minimum Gasteiger partial charge on any atom is -0.497 e. The van der Waals surface area contributed by atoms with E-state index in [2.05, 4.69) is 20.4 Å². The monoisotopic (exact) mass is 510 g/mol. The molecule has 0 saturated heterocycles. The summed E-state index contributed by atoms with van der Waals surface area (Å²) in [4.78, 5) is 19.5. The summed E-state index contributed by atoms with van der Waals surface area (Å²) in [7, 11) is 1.39. The SMILES string of the molecule is COc1cc(OCCF)c(F)c([C@H](Nc2ccc(C(=N)N)cc2)c2nn(-c3ncccc3N)c(=O)[nH]2)c1. The average Bonchev–Trinajstić information content (AvgIpc) is 3.28. The summed E-state index contributed by atoms with van der Waals surface area (Å²) < 4.78 is 39.9. The van der Waals surface area contributed by atoms with Gasteiger partial charge in [-0.1, -0.05) is 0 Å². The van der Waals surface area contributed by atoms with Crippen molar-refractivity contribution in [3.8, 4) is 17.3 Å². The molecule has 0 fully saturated rings. The Morgan fingerprint density at radius 1 is 1.27 bits per heavy atom. The van der Waals surface area contributed by atoms with Crippen LogP contribution >= 0.6 is 0 Å². The molecule has 0 aliphatic carbocycles. The Morgan fingerprint density at radius 3 is 2.68 bits per heavy atom. The second-order valence-electron chi connectivity index (χ2n) is 7.78. The molecule has 0 unspecified atom stereocenters. The van der Waals surface area contributed by atoms with Crippen LogP contribution in [-0.4, -0.2) is 46.0 Å². The van der Waals surface area contributed by atoms with E-state index in [1.807, 2.05) is 0 Å². The van der Waals surface area contributed by atoms with Crippen LogP contribution in [-0.2, 0) is 0 Å². The van der Waals surface area contributed by atoms with Gasteiger partial charge in [0.15, 0.2) is 23.2 Å². The highest BCUT2D eigenvalue weighted by atomic mass is 19.1. The molecule has 192 valence electrons. The molecule has 0 aliphatic heterocycles. The third-order valence-electron chi connectivity index (χ3n) is 5.36. The van der Waals surface area contributed by atoms with Crippen molar-refractivity contribution in [3.05, 3.63) is 88.0 Å². The topological polar surface area (TPSA) is 170 Å². The Kier molecular flexibility index (Phi) is 7.32. The standard InChI is InChI=1S/C24H24F2N8O3/c1-36-15-11-16(19(26)18(12-15)37-10-8-25)20(31-14-6-4-13(5-7-14)21(28)29)22-32-24(35)34(33-22)23-17(27)3-2-9-30-23/h2-7,9,11-12,20,31H,8,10,27H2,1H3,(H3,28,29)(H,32,33,35)/t20-/m0/s1. The van der Waals surface area contributed by atoms with Gasteiger partial charge in [-0.05, 0) is 42.5 Å². The molecule has 37 heavy (non-hydrogen) atoms. The predicted molar refractivity (Wildman–Crippen MR) is 134 cm³/mol. The summed E-state index contributed by atoms with van der Waals surface area (Å²) in [5, 5.41) is 15.0. The van der Waals surface area contributed by atoms with Crippen LogP contribution in [0.4, 0.5) is 20.2 Å². The van der Waals surface area contributed by atoms with E-state index >= 15 is 4.39 Å². The molecule has 0 spiro atoms. The zero-order valence-corrected chi connectivity index (χ0v) is 19.7. The Bertz CT molecular complexity index is 1470. The number of methoxy groups -OCH3 is 1. The number of nitrogens with two attached hydrogens (primary N) is 2. The largest absolute Gasteiger partial charge is 0.497 e. The van der Waals surface area contributed by atoms with E-state index in [0.29, 0.717) is 11.3 Å². The normalized spacial score (nSPS) is 11.6. The smallest absolute Gasteiger partial charge is 0.349 e. The molecule has 4 rings (SSSR count). The van der Waals surface area contributed by atoms with Crippen LogP contribution in [0.15, 0.2) is 59.5 Å². The van der Waals surface area contributed by atoms with Crippen molar-refractivity contribution < 1.29 is 18.3 Å². The molecule has 0 saturated carbocycles. The highest BCUT2D eigenvalue weighted by Crippen LogP contribution is 2.35. The van der Waals surface area contributed by atoms with Gasteiger partial charge in [0.2, 0.25) is 0 Å². The van der Waals surface area contributed by atoms with Crippen molar-refractivity contribution in [1.29, 1.82) is 5.41 Å². The molecule has 11 nitrogen and oxygen atoms in total. The molecule has 2 aromatic carbocycles. The number of rotatable bonds is 10. The number of aromatic amines is 1. The van der Waals surface area contributed by atoms with E-state index < -0.39 is 24.2 Å². The minimum absolute atomic E-state index is 0.00116. The van der Waals surface area contributed by atoms with Crippen LogP contribution in [0, 0.1) is 11.2 Å². The average molecular weight is 511 g/mol. The van der Waals surface area contributed by atoms with Crippen LogP contribution in [0.2, 0.25) is 0 Å². The van der Waals surface area contributed by atoms with Crippen molar-refractivity contribution >= 4 is 17.2 Å². The van der Waals surface area contributed by atoms with Crippen LogP contribution < -0.4 is 31.9 Å². The van der Waals surface area contributed by atoms with Crippen molar-refractivity contribution in [1.82, 2.24) is 19.7 Å². The number of benzene rings is 2. The summed E-state index contributed by atoms with van der Waals surface area (Å²) in [6.45, 7) is -1.18. The fraction of sp³-hybridized carbons (Fsp3) is 0.167. The van der Waals surface area contributed by atoms with E-state index in [1.54, 1.807) is 36.4 Å². The first-order chi connectivity index (χ1) is 17.8. The van der Waals surface area contributed by atoms with Gasteiger partial charge in [-0.15, -0.1) is 5.10 Å². The number of hydrogen-bond acceptors (Lipinski definition) is 8. The Morgan fingerprint density at radius 2 is 2.03 bits per heavy atom. The van der Waals surface area contributed by atoms with Gasteiger partial charge >= 0.3 is 5.69 Å². The number of halogens is 2. The van der Waals surface area contributed by atoms with Gasteiger partial charge in [-0.3, -0.25) is 10.4 Å². The number of nitrogens with one attached hydrogen (secondary N) is 3. The lowest BCUT2D eigenvalue weighted by Gasteiger charge is -2.21. The lowest BCUT2D eigenvalue weighted by Crippen LogP contribution is -2.18. The second-order valence-corrected chi connectivity index (χ2v) is 7.78. The van der Waals surface area contributed by atoms with E-state index in [1.165, 1.54) is 25.4 Å². The maximum atomic E-state index is 15.7. The van der Waals surface area contributed by atoms with Gasteiger partial charge in [0.05, 0.1) is 12.8 Å². The molecular weight excluding hydrogens is 486 g/mol. The maximum Gasteiger partial charge on any atom is 0.349 e. The quantitative estimate of drug-likeness (QED) is 0.160. The highest BCUT2D eigenvalue weighted by Gasteiger charge is 2.27. The lowest BCUT2D eigenvalue weighted by molar-refractivity contribution is 0.260. The van der Waals surface area contributed by atoms with E-state index in [0.717, 1.165) is 4.68 Å². The maximum absolute atomic E-state index is 15.7. The van der Waals surface area contributed by atoms with Crippen molar-refractivity contribution in [3.63, 3.8) is 0 Å². The van der Waals surface area contributed by atoms with Crippen molar-refractivity contribution in [2.24, 2.45) is 5.73 Å². The zero-order valence-electron chi connectivity index (χ0n) is 19.7. The number of alkyl halides is 1. The van der Waals surface area contributed by atoms with Crippen molar-refractivity contribution in [2.45, 2.75) is 6.04 Å². The number of anilines is 2. The number of hydrogen-bond donors (Lipinski definition) is 5. The van der Waals surface area contributed by atoms with Gasteiger partial charge in [0.25, 0.3) is 0 Å². The molecule has 0 radical (unpaired) electrons. The van der Waals surface area contributed by atoms with Gasteiger partial charge < -0.3 is 26.3 Å². The summed E-state index contributed by atoms with van der Waals surface area (Å²) in [6.07, 6.45) is 1.45. The molecule has 0 bridgehead atoms. The Hall–Kier alpha value is -4.94. The first-order valence-corrected chi connectivity index (χ1v) is 11.0. The van der Waals surface area contributed by atoms with Gasteiger partial charge in [0.1, 0.15) is 30.9 Å². The third-order valence-corrected chi connectivity index (χ3v) is 5.36. The molecule has 0 amide bonds. The van der Waals surface area contributed by atoms with Crippen LogP contribution in [0.5, 0.6) is 11.5 Å². The predicted octanol–water partition coefficient (Wildman–Crippen LogP) is 2.52. The molecule has 2 heterocycles. The second kappa shape index (κ2) is 10.8. The zero-order chi connectivity index (χ0) is 26.5. The Balaban J connectivity index is 1.85. The number of H-pyrrole nitrogens is 1. The molecule has 0 aliphatic rings. The van der Waals surface area contributed by atoms with Crippen LogP contribution in [0.3, 0.4) is 0 Å². The summed E-state index contributed by atoms with van der Waals surface area (Å²) in [5.74, 6) is -0.805. The Labute approximate surface area is 209 Å². The number of amidine groups is 1.